The fourth-order valence-corrected chi connectivity index (χ4v) is 5.35. The van der Waals surface area contributed by atoms with Crippen molar-refractivity contribution in [2.24, 2.45) is 17.8 Å². The van der Waals surface area contributed by atoms with Gasteiger partial charge in [0.05, 0.1) is 18.6 Å². The summed E-state index contributed by atoms with van der Waals surface area (Å²) in [6.07, 6.45) is 1.12. The third kappa shape index (κ3) is 7.63. The molecule has 1 heterocycles. The molecule has 0 saturated carbocycles. The second-order valence-corrected chi connectivity index (χ2v) is 9.89. The van der Waals surface area contributed by atoms with Gasteiger partial charge in [-0.05, 0) is 87.0 Å². The Morgan fingerprint density at radius 1 is 1.10 bits per heavy atom. The standard InChI is InChI=1S/C27H30O8.C2H7N.H2O.2H2/c1-15(30)8-23(32)21(13-29)18(6-7-28)9-16-10-20-19(3-4-22(31)27(20)24(33)11-16)17-2-5-25-26(12-17)35-14-34-25;1-3-2;;;/h2-5,12,16,18,21,28-29,31H,6-11,13-14H2,1H3;3H,1-2H3;1H2;2*1H. The number of aromatic hydroxyl groups is 1. The summed E-state index contributed by atoms with van der Waals surface area (Å²) in [5.41, 5.74) is 2.67. The van der Waals surface area contributed by atoms with E-state index < -0.39 is 12.5 Å². The number of phenols is 1. The van der Waals surface area contributed by atoms with Gasteiger partial charge in [-0.3, -0.25) is 14.4 Å². The number of benzene rings is 2. The van der Waals surface area contributed by atoms with Gasteiger partial charge in [0.25, 0.3) is 0 Å². The second-order valence-electron chi connectivity index (χ2n) is 9.89. The van der Waals surface area contributed by atoms with Gasteiger partial charge in [0, 0.05) is 21.8 Å². The first-order valence-electron chi connectivity index (χ1n) is 12.8. The van der Waals surface area contributed by atoms with Crippen LogP contribution in [-0.4, -0.2) is 72.2 Å². The molecular weight excluding hydrogens is 506 g/mol. The minimum Gasteiger partial charge on any atom is -0.507 e. The zero-order valence-corrected chi connectivity index (χ0v) is 22.7. The van der Waals surface area contributed by atoms with Crippen molar-refractivity contribution in [1.82, 2.24) is 5.32 Å². The maximum Gasteiger partial charge on any atom is 0.231 e. The highest BCUT2D eigenvalue weighted by Gasteiger charge is 2.35. The lowest BCUT2D eigenvalue weighted by atomic mass is 9.72. The lowest BCUT2D eigenvalue weighted by Gasteiger charge is -2.31. The summed E-state index contributed by atoms with van der Waals surface area (Å²) in [4.78, 5) is 37.2. The van der Waals surface area contributed by atoms with Crippen molar-refractivity contribution in [3.63, 3.8) is 0 Å². The summed E-state index contributed by atoms with van der Waals surface area (Å²) in [5, 5.41) is 32.8. The Balaban J connectivity index is 0.00000255. The Kier molecular flexibility index (Phi) is 12.1. The van der Waals surface area contributed by atoms with Crippen LogP contribution in [0.25, 0.3) is 11.1 Å². The Morgan fingerprint density at radius 2 is 1.79 bits per heavy atom. The molecule has 218 valence electrons. The number of carbonyl (C=O) groups excluding carboxylic acids is 3. The molecule has 2 aromatic rings. The number of fused-ring (bicyclic) bond motifs is 2. The average Bonchev–Trinajstić information content (AvgIpc) is 3.32. The van der Waals surface area contributed by atoms with Crippen LogP contribution >= 0.6 is 0 Å². The highest BCUT2D eigenvalue weighted by Crippen LogP contribution is 2.43. The zero-order valence-electron chi connectivity index (χ0n) is 22.7. The smallest absolute Gasteiger partial charge is 0.231 e. The molecule has 10 heteroatoms. The third-order valence-corrected chi connectivity index (χ3v) is 6.96. The summed E-state index contributed by atoms with van der Waals surface area (Å²) in [7, 11) is 3.75. The van der Waals surface area contributed by atoms with Crippen molar-refractivity contribution < 1.29 is 47.5 Å². The van der Waals surface area contributed by atoms with Crippen LogP contribution in [0.5, 0.6) is 17.2 Å². The Morgan fingerprint density at radius 3 is 2.44 bits per heavy atom. The molecule has 2 aliphatic rings. The minimum absolute atomic E-state index is 0. The van der Waals surface area contributed by atoms with Crippen molar-refractivity contribution in [2.45, 2.75) is 39.0 Å². The number of aliphatic hydroxyl groups is 2. The Bertz CT molecular complexity index is 1180. The first-order valence-corrected chi connectivity index (χ1v) is 12.8. The highest BCUT2D eigenvalue weighted by atomic mass is 16.7. The Labute approximate surface area is 231 Å². The molecule has 4 rings (SSSR count). The van der Waals surface area contributed by atoms with Crippen LogP contribution in [-0.2, 0) is 16.0 Å². The zero-order chi connectivity index (χ0) is 27.8. The summed E-state index contributed by atoms with van der Waals surface area (Å²) < 4.78 is 10.9. The van der Waals surface area contributed by atoms with E-state index in [1.807, 2.05) is 32.3 Å². The van der Waals surface area contributed by atoms with E-state index in [4.69, 9.17) is 9.47 Å². The van der Waals surface area contributed by atoms with Crippen LogP contribution in [0.2, 0.25) is 0 Å². The predicted octanol–water partition coefficient (Wildman–Crippen LogP) is 2.58. The number of rotatable bonds is 10. The molecule has 39 heavy (non-hydrogen) atoms. The van der Waals surface area contributed by atoms with Crippen LogP contribution in [0.4, 0.5) is 0 Å². The predicted molar refractivity (Wildman–Crippen MR) is 149 cm³/mol. The number of aliphatic hydroxyl groups excluding tert-OH is 2. The molecule has 0 spiro atoms. The van der Waals surface area contributed by atoms with Crippen LogP contribution in [0, 0.1) is 17.8 Å². The summed E-state index contributed by atoms with van der Waals surface area (Å²) in [5.74, 6) is -0.919. The van der Waals surface area contributed by atoms with Gasteiger partial charge in [0.15, 0.2) is 17.3 Å². The fourth-order valence-electron chi connectivity index (χ4n) is 5.35. The monoisotopic (exact) mass is 549 g/mol. The van der Waals surface area contributed by atoms with Gasteiger partial charge >= 0.3 is 0 Å². The van der Waals surface area contributed by atoms with Gasteiger partial charge in [-0.1, -0.05) is 12.1 Å². The molecule has 2 aromatic carbocycles. The molecule has 0 saturated heterocycles. The Hall–Kier alpha value is -3.31. The third-order valence-electron chi connectivity index (χ3n) is 6.96. The number of nitrogens with one attached hydrogen (secondary N) is 1. The molecule has 0 aromatic heterocycles. The van der Waals surface area contributed by atoms with Gasteiger partial charge in [-0.2, -0.15) is 0 Å². The van der Waals surface area contributed by atoms with Gasteiger partial charge in [-0.15, -0.1) is 0 Å². The van der Waals surface area contributed by atoms with Crippen molar-refractivity contribution in [3.8, 4) is 28.4 Å². The van der Waals surface area contributed by atoms with E-state index in [2.05, 4.69) is 5.32 Å². The first kappa shape index (κ1) is 31.9. The number of ketones is 3. The number of phenolic OH excluding ortho intramolecular Hbond substituents is 1. The molecule has 0 fully saturated rings. The van der Waals surface area contributed by atoms with Gasteiger partial charge < -0.3 is 35.6 Å². The molecule has 0 radical (unpaired) electrons. The number of Topliss-reactive ketones (excluding diaryl/α,β-unsaturated/α-hetero) is 3. The average molecular weight is 550 g/mol. The van der Waals surface area contributed by atoms with Crippen molar-refractivity contribution in [3.05, 3.63) is 41.5 Å². The minimum atomic E-state index is -0.778. The summed E-state index contributed by atoms with van der Waals surface area (Å²) in [6, 6.07) is 8.83. The van der Waals surface area contributed by atoms with E-state index in [0.717, 1.165) is 16.7 Å². The molecule has 3 unspecified atom stereocenters. The lowest BCUT2D eigenvalue weighted by molar-refractivity contribution is -0.131. The van der Waals surface area contributed by atoms with Gasteiger partial charge in [0.1, 0.15) is 17.3 Å². The molecule has 0 bridgehead atoms. The largest absolute Gasteiger partial charge is 0.507 e. The van der Waals surface area contributed by atoms with Crippen molar-refractivity contribution in [1.29, 1.82) is 0 Å². The van der Waals surface area contributed by atoms with E-state index in [9.17, 15) is 29.7 Å². The van der Waals surface area contributed by atoms with E-state index in [1.165, 1.54) is 13.0 Å². The van der Waals surface area contributed by atoms with Crippen LogP contribution < -0.4 is 14.8 Å². The normalized spacial score (nSPS) is 16.7. The molecular formula is C29H43NO9. The SMILES string of the molecule is CC(=O)CC(=O)C(CO)C(CCO)CC1CC(=O)c2c(O)ccc(-c3ccc4c(c3)OCO4)c2C1.CNC.O.[HH].[HH]. The summed E-state index contributed by atoms with van der Waals surface area (Å²) in [6.45, 7) is 0.883. The molecule has 1 aliphatic heterocycles. The van der Waals surface area contributed by atoms with Gasteiger partial charge in [0.2, 0.25) is 6.79 Å². The number of hydrogen-bond acceptors (Lipinski definition) is 9. The molecule has 10 nitrogen and oxygen atoms in total. The molecule has 1 aliphatic carbocycles. The van der Waals surface area contributed by atoms with Crippen LogP contribution in [0.15, 0.2) is 30.3 Å². The molecule has 3 atom stereocenters. The van der Waals surface area contributed by atoms with Crippen molar-refractivity contribution in [2.75, 3.05) is 34.1 Å². The number of ether oxygens (including phenoxy) is 2. The number of hydrogen-bond donors (Lipinski definition) is 4. The lowest BCUT2D eigenvalue weighted by Crippen LogP contribution is -2.32. The van der Waals surface area contributed by atoms with Crippen molar-refractivity contribution >= 4 is 17.3 Å². The van der Waals surface area contributed by atoms with E-state index in [-0.39, 0.29) is 75.9 Å². The fraction of sp³-hybridized carbons (Fsp3) is 0.483. The maximum atomic E-state index is 13.1. The number of carbonyl (C=O) groups is 3. The van der Waals surface area contributed by atoms with E-state index in [1.54, 1.807) is 6.07 Å². The van der Waals surface area contributed by atoms with E-state index in [0.29, 0.717) is 29.9 Å². The van der Waals surface area contributed by atoms with Crippen LogP contribution in [0.3, 0.4) is 0 Å². The molecule has 0 amide bonds. The van der Waals surface area contributed by atoms with Crippen LogP contribution in [0.1, 0.15) is 51.4 Å². The highest BCUT2D eigenvalue weighted by molar-refractivity contribution is 6.03. The van der Waals surface area contributed by atoms with E-state index >= 15 is 0 Å². The summed E-state index contributed by atoms with van der Waals surface area (Å²) >= 11 is 0. The van der Waals surface area contributed by atoms with Gasteiger partial charge in [-0.25, -0.2) is 0 Å². The second kappa shape index (κ2) is 14.7. The first-order chi connectivity index (χ1) is 18.2. The molecule has 6 N–H and O–H groups in total. The quantitative estimate of drug-likeness (QED) is 0.325. The topological polar surface area (TPSA) is 174 Å². The maximum absolute atomic E-state index is 13.1.